The first-order valence-corrected chi connectivity index (χ1v) is 9.25. The fourth-order valence-electron chi connectivity index (χ4n) is 4.21. The van der Waals surface area contributed by atoms with E-state index in [0.717, 1.165) is 11.0 Å². The van der Waals surface area contributed by atoms with Crippen molar-refractivity contribution in [3.8, 4) is 0 Å². The summed E-state index contributed by atoms with van der Waals surface area (Å²) in [5, 5.41) is 0. The normalized spacial score (nSPS) is 23.2. The number of imidazole rings is 1. The van der Waals surface area contributed by atoms with Gasteiger partial charge in [-0.25, -0.2) is 4.98 Å². The van der Waals surface area contributed by atoms with Gasteiger partial charge in [-0.05, 0) is 38.1 Å². The van der Waals surface area contributed by atoms with Gasteiger partial charge < -0.3 is 14.2 Å². The van der Waals surface area contributed by atoms with E-state index in [9.17, 15) is 18.0 Å². The maximum Gasteiger partial charge on any atom is 0.390 e. The molecule has 4 rings (SSSR count). The van der Waals surface area contributed by atoms with Crippen molar-refractivity contribution in [2.45, 2.75) is 44.5 Å². The van der Waals surface area contributed by atoms with Crippen LogP contribution in [0.5, 0.6) is 0 Å². The first-order chi connectivity index (χ1) is 12.8. The minimum atomic E-state index is -4.14. The van der Waals surface area contributed by atoms with E-state index >= 15 is 0 Å². The van der Waals surface area contributed by atoms with Crippen LogP contribution in [0.15, 0.2) is 30.6 Å². The molecule has 2 aromatic rings. The smallest absolute Gasteiger partial charge is 0.390 e. The Labute approximate surface area is 155 Å². The summed E-state index contributed by atoms with van der Waals surface area (Å²) in [5.74, 6) is -0.201. The Morgan fingerprint density at radius 1 is 1.22 bits per heavy atom. The largest absolute Gasteiger partial charge is 0.460 e. The highest BCUT2D eigenvalue weighted by Crippen LogP contribution is 2.43. The standard InChI is InChI=1S/C19H22F3N3O2/c20-19(21,22)7-10-24-8-5-18(6-9-24)11-14(27-17(18)26)12-25-13-23-15-3-1-2-4-16(15)25/h1-4,13-14H,5-12H2. The molecule has 27 heavy (non-hydrogen) atoms. The number of esters is 1. The van der Waals surface area contributed by atoms with E-state index in [1.54, 1.807) is 11.2 Å². The molecule has 0 aliphatic carbocycles. The predicted molar refractivity (Wildman–Crippen MR) is 93.0 cm³/mol. The summed E-state index contributed by atoms with van der Waals surface area (Å²) in [6, 6.07) is 7.79. The molecule has 1 atom stereocenters. The van der Waals surface area contributed by atoms with Crippen LogP contribution in [0.25, 0.3) is 11.0 Å². The van der Waals surface area contributed by atoms with E-state index in [0.29, 0.717) is 38.9 Å². The lowest BCUT2D eigenvalue weighted by Crippen LogP contribution is -2.43. The van der Waals surface area contributed by atoms with Gasteiger partial charge in [0.05, 0.1) is 35.7 Å². The van der Waals surface area contributed by atoms with Crippen LogP contribution in [-0.4, -0.2) is 52.3 Å². The summed E-state index contributed by atoms with van der Waals surface area (Å²) in [6.45, 7) is 1.56. The van der Waals surface area contributed by atoms with Crippen molar-refractivity contribution in [1.29, 1.82) is 0 Å². The quantitative estimate of drug-likeness (QED) is 0.762. The van der Waals surface area contributed by atoms with E-state index in [1.807, 2.05) is 28.8 Å². The number of carbonyl (C=O) groups excluding carboxylic acids is 1. The number of piperidine rings is 1. The zero-order chi connectivity index (χ0) is 19.1. The van der Waals surface area contributed by atoms with E-state index in [2.05, 4.69) is 4.98 Å². The second-order valence-electron chi connectivity index (χ2n) is 7.60. The van der Waals surface area contributed by atoms with Gasteiger partial charge in [0.1, 0.15) is 6.10 Å². The van der Waals surface area contributed by atoms with Crippen molar-refractivity contribution in [1.82, 2.24) is 14.5 Å². The number of benzene rings is 1. The monoisotopic (exact) mass is 381 g/mol. The molecule has 8 heteroatoms. The average Bonchev–Trinajstić information content (AvgIpc) is 3.16. The molecule has 3 heterocycles. The number of likely N-dealkylation sites (tertiary alicyclic amines) is 1. The van der Waals surface area contributed by atoms with Gasteiger partial charge in [0, 0.05) is 13.0 Å². The predicted octanol–water partition coefficient (Wildman–Crippen LogP) is 3.39. The Balaban J connectivity index is 1.37. The summed E-state index contributed by atoms with van der Waals surface area (Å²) in [6.07, 6.45) is -1.68. The van der Waals surface area contributed by atoms with Crippen molar-refractivity contribution >= 4 is 17.0 Å². The maximum atomic E-state index is 12.5. The van der Waals surface area contributed by atoms with Crippen LogP contribution in [-0.2, 0) is 16.1 Å². The molecule has 0 radical (unpaired) electrons. The molecular weight excluding hydrogens is 359 g/mol. The molecular formula is C19H22F3N3O2. The number of alkyl halides is 3. The number of fused-ring (bicyclic) bond motifs is 1. The molecule has 1 aromatic heterocycles. The van der Waals surface area contributed by atoms with Crippen LogP contribution < -0.4 is 0 Å². The van der Waals surface area contributed by atoms with E-state index in [4.69, 9.17) is 4.74 Å². The molecule has 1 unspecified atom stereocenters. The molecule has 146 valence electrons. The van der Waals surface area contributed by atoms with E-state index in [1.165, 1.54) is 0 Å². The third kappa shape index (κ3) is 3.81. The molecule has 5 nitrogen and oxygen atoms in total. The van der Waals surface area contributed by atoms with Crippen LogP contribution in [0.3, 0.4) is 0 Å². The highest BCUT2D eigenvalue weighted by molar-refractivity contribution is 5.79. The van der Waals surface area contributed by atoms with Gasteiger partial charge in [0.15, 0.2) is 0 Å². The minimum absolute atomic E-state index is 0.000911. The number of cyclic esters (lactones) is 1. The first-order valence-electron chi connectivity index (χ1n) is 9.25. The van der Waals surface area contributed by atoms with Crippen molar-refractivity contribution in [2.24, 2.45) is 5.41 Å². The molecule has 2 fully saturated rings. The van der Waals surface area contributed by atoms with Crippen molar-refractivity contribution in [3.63, 3.8) is 0 Å². The number of carbonyl (C=O) groups is 1. The van der Waals surface area contributed by atoms with Crippen LogP contribution in [0.1, 0.15) is 25.7 Å². The van der Waals surface area contributed by atoms with Crippen LogP contribution in [0.2, 0.25) is 0 Å². The molecule has 0 saturated carbocycles. The lowest BCUT2D eigenvalue weighted by atomic mass is 9.76. The summed E-state index contributed by atoms with van der Waals surface area (Å²) in [4.78, 5) is 18.7. The Hall–Kier alpha value is -2.09. The number of rotatable bonds is 4. The summed E-state index contributed by atoms with van der Waals surface area (Å²) >= 11 is 0. The van der Waals surface area contributed by atoms with Crippen molar-refractivity contribution < 1.29 is 22.7 Å². The summed E-state index contributed by atoms with van der Waals surface area (Å²) in [5.41, 5.74) is 1.35. The molecule has 0 bridgehead atoms. The minimum Gasteiger partial charge on any atom is -0.460 e. The maximum absolute atomic E-state index is 12.5. The fourth-order valence-corrected chi connectivity index (χ4v) is 4.21. The molecule has 2 aliphatic rings. The number of ether oxygens (including phenoxy) is 1. The van der Waals surface area contributed by atoms with Gasteiger partial charge in [-0.15, -0.1) is 0 Å². The number of hydrogen-bond acceptors (Lipinski definition) is 4. The Morgan fingerprint density at radius 3 is 2.70 bits per heavy atom. The third-order valence-corrected chi connectivity index (χ3v) is 5.78. The van der Waals surface area contributed by atoms with Gasteiger partial charge in [0.25, 0.3) is 0 Å². The first kappa shape index (κ1) is 18.3. The lowest BCUT2D eigenvalue weighted by Gasteiger charge is -2.36. The van der Waals surface area contributed by atoms with Gasteiger partial charge in [-0.2, -0.15) is 13.2 Å². The van der Waals surface area contributed by atoms with Crippen molar-refractivity contribution in [3.05, 3.63) is 30.6 Å². The van der Waals surface area contributed by atoms with Gasteiger partial charge in [-0.1, -0.05) is 12.1 Å². The highest BCUT2D eigenvalue weighted by atomic mass is 19.4. The van der Waals surface area contributed by atoms with E-state index in [-0.39, 0.29) is 18.6 Å². The van der Waals surface area contributed by atoms with Gasteiger partial charge in [-0.3, -0.25) is 4.79 Å². The number of hydrogen-bond donors (Lipinski definition) is 0. The number of nitrogens with zero attached hydrogens (tertiary/aromatic N) is 3. The molecule has 1 spiro atoms. The molecule has 0 N–H and O–H groups in total. The number of aromatic nitrogens is 2. The zero-order valence-corrected chi connectivity index (χ0v) is 14.9. The van der Waals surface area contributed by atoms with Gasteiger partial charge in [0.2, 0.25) is 0 Å². The van der Waals surface area contributed by atoms with E-state index < -0.39 is 18.0 Å². The SMILES string of the molecule is O=C1OC(Cn2cnc3ccccc32)CC12CCN(CCC(F)(F)F)CC2. The molecule has 2 aliphatic heterocycles. The highest BCUT2D eigenvalue weighted by Gasteiger charge is 2.50. The number of halogens is 3. The second kappa shape index (κ2) is 6.82. The topological polar surface area (TPSA) is 47.4 Å². The van der Waals surface area contributed by atoms with Crippen LogP contribution >= 0.6 is 0 Å². The Bertz CT molecular complexity index is 825. The summed E-state index contributed by atoms with van der Waals surface area (Å²) in [7, 11) is 0. The molecule has 0 amide bonds. The lowest BCUT2D eigenvalue weighted by molar-refractivity contribution is -0.152. The number of para-hydroxylation sites is 2. The third-order valence-electron chi connectivity index (χ3n) is 5.78. The van der Waals surface area contributed by atoms with Gasteiger partial charge >= 0.3 is 12.1 Å². The average molecular weight is 381 g/mol. The summed E-state index contributed by atoms with van der Waals surface area (Å²) < 4.78 is 44.8. The molecule has 1 aromatic carbocycles. The Kier molecular flexibility index (Phi) is 4.61. The Morgan fingerprint density at radius 2 is 1.96 bits per heavy atom. The second-order valence-corrected chi connectivity index (χ2v) is 7.60. The van der Waals surface area contributed by atoms with Crippen LogP contribution in [0, 0.1) is 5.41 Å². The zero-order valence-electron chi connectivity index (χ0n) is 14.9. The van der Waals surface area contributed by atoms with Crippen molar-refractivity contribution in [2.75, 3.05) is 19.6 Å². The van der Waals surface area contributed by atoms with Crippen LogP contribution in [0.4, 0.5) is 13.2 Å². The fraction of sp³-hybridized carbons (Fsp3) is 0.579. The molecule has 2 saturated heterocycles.